The van der Waals surface area contributed by atoms with E-state index in [2.05, 4.69) is 63.0 Å². The van der Waals surface area contributed by atoms with Crippen molar-refractivity contribution in [2.75, 3.05) is 0 Å². The zero-order valence-electron chi connectivity index (χ0n) is 12.7. The van der Waals surface area contributed by atoms with Gasteiger partial charge in [0.25, 0.3) is 0 Å². The summed E-state index contributed by atoms with van der Waals surface area (Å²) in [7, 11) is 0. The van der Waals surface area contributed by atoms with Crippen LogP contribution < -0.4 is 0 Å². The van der Waals surface area contributed by atoms with Crippen LogP contribution in [0.4, 0.5) is 0 Å². The minimum absolute atomic E-state index is 0.929. The molecule has 112 valence electrons. The van der Waals surface area contributed by atoms with Crippen LogP contribution in [0.2, 0.25) is 0 Å². The molecule has 4 aromatic rings. The van der Waals surface area contributed by atoms with E-state index in [0.717, 1.165) is 22.8 Å². The van der Waals surface area contributed by atoms with Gasteiger partial charge in [0.2, 0.25) is 0 Å². The van der Waals surface area contributed by atoms with Gasteiger partial charge in [-0.05, 0) is 31.2 Å². The number of hydrogen-bond acceptors (Lipinski definition) is 3. The van der Waals surface area contributed by atoms with Gasteiger partial charge in [-0.1, -0.05) is 29.8 Å². The largest absolute Gasteiger partial charge is 0.300 e. The molecule has 2 aromatic carbocycles. The second-order valence-electron chi connectivity index (χ2n) is 5.34. The fourth-order valence-corrected chi connectivity index (χ4v) is 2.54. The summed E-state index contributed by atoms with van der Waals surface area (Å²) >= 11 is 0. The van der Waals surface area contributed by atoms with Crippen LogP contribution in [0.25, 0.3) is 22.8 Å². The van der Waals surface area contributed by atoms with E-state index in [1.807, 2.05) is 24.5 Å². The van der Waals surface area contributed by atoms with Crippen molar-refractivity contribution in [1.29, 1.82) is 0 Å². The Labute approximate surface area is 133 Å². The molecule has 23 heavy (non-hydrogen) atoms. The average molecular weight is 301 g/mol. The van der Waals surface area contributed by atoms with Crippen molar-refractivity contribution < 1.29 is 0 Å². The molecule has 2 aromatic heterocycles. The molecule has 0 saturated carbocycles. The molecule has 0 aliphatic carbocycles. The Morgan fingerprint density at radius 2 is 1.61 bits per heavy atom. The molecule has 0 atom stereocenters. The van der Waals surface area contributed by atoms with Gasteiger partial charge in [-0.15, -0.1) is 0 Å². The van der Waals surface area contributed by atoms with Crippen LogP contribution in [-0.4, -0.2) is 24.3 Å². The van der Waals surface area contributed by atoms with E-state index in [-0.39, 0.29) is 0 Å². The third-order valence-corrected chi connectivity index (χ3v) is 3.76. The van der Waals surface area contributed by atoms with Crippen LogP contribution in [0.15, 0.2) is 73.6 Å². The average Bonchev–Trinajstić information content (AvgIpc) is 3.28. The molecule has 0 aliphatic heterocycles. The molecule has 0 saturated heterocycles. The van der Waals surface area contributed by atoms with Gasteiger partial charge in [0, 0.05) is 23.6 Å². The minimum Gasteiger partial charge on any atom is -0.300 e. The first-order valence-electron chi connectivity index (χ1n) is 7.37. The van der Waals surface area contributed by atoms with Crippen LogP contribution in [0.5, 0.6) is 0 Å². The Bertz CT molecular complexity index is 903. The fraction of sp³-hybridized carbons (Fsp3) is 0.0556. The molecule has 4 rings (SSSR count). The van der Waals surface area contributed by atoms with E-state index >= 15 is 0 Å². The van der Waals surface area contributed by atoms with Crippen molar-refractivity contribution >= 4 is 0 Å². The van der Waals surface area contributed by atoms with Crippen LogP contribution in [-0.2, 0) is 0 Å². The molecule has 0 spiro atoms. The van der Waals surface area contributed by atoms with E-state index in [0.29, 0.717) is 0 Å². The van der Waals surface area contributed by atoms with Crippen molar-refractivity contribution in [3.63, 3.8) is 0 Å². The van der Waals surface area contributed by atoms with Crippen LogP contribution in [0.1, 0.15) is 5.56 Å². The Hall–Kier alpha value is -3.21. The first-order valence-corrected chi connectivity index (χ1v) is 7.37. The van der Waals surface area contributed by atoms with E-state index in [1.165, 1.54) is 11.9 Å². The fourth-order valence-electron chi connectivity index (χ4n) is 2.54. The maximum Gasteiger partial charge on any atom is 0.144 e. The molecule has 0 bridgehead atoms. The number of rotatable bonds is 3. The van der Waals surface area contributed by atoms with Crippen molar-refractivity contribution in [2.24, 2.45) is 0 Å². The SMILES string of the molecule is Cc1ccc(-c2nccn2-c2ccc(-n3cncn3)cc2)cc1. The Morgan fingerprint density at radius 1 is 0.870 bits per heavy atom. The van der Waals surface area contributed by atoms with E-state index < -0.39 is 0 Å². The number of nitrogens with zero attached hydrogens (tertiary/aromatic N) is 5. The molecular weight excluding hydrogens is 286 g/mol. The lowest BCUT2D eigenvalue weighted by atomic mass is 10.1. The predicted octanol–water partition coefficient (Wildman–Crippen LogP) is 3.43. The lowest BCUT2D eigenvalue weighted by Crippen LogP contribution is -1.98. The highest BCUT2D eigenvalue weighted by Gasteiger charge is 2.08. The Balaban J connectivity index is 1.72. The highest BCUT2D eigenvalue weighted by molar-refractivity contribution is 5.59. The van der Waals surface area contributed by atoms with Gasteiger partial charge in [-0.3, -0.25) is 4.57 Å². The van der Waals surface area contributed by atoms with Gasteiger partial charge in [0.15, 0.2) is 0 Å². The molecule has 0 aliphatic rings. The standard InChI is InChI=1S/C18H15N5/c1-14-2-4-15(5-3-14)18-20-10-11-22(18)16-6-8-17(9-7-16)23-13-19-12-21-23/h2-13H,1H3. The Morgan fingerprint density at radius 3 is 2.30 bits per heavy atom. The second-order valence-corrected chi connectivity index (χ2v) is 5.34. The van der Waals surface area contributed by atoms with Gasteiger partial charge in [-0.2, -0.15) is 5.10 Å². The maximum absolute atomic E-state index is 4.50. The van der Waals surface area contributed by atoms with Crippen molar-refractivity contribution in [3.8, 4) is 22.8 Å². The molecule has 0 N–H and O–H groups in total. The summed E-state index contributed by atoms with van der Waals surface area (Å²) in [5.41, 5.74) is 4.37. The van der Waals surface area contributed by atoms with Gasteiger partial charge >= 0.3 is 0 Å². The lowest BCUT2D eigenvalue weighted by molar-refractivity contribution is 0.877. The first-order chi connectivity index (χ1) is 11.3. The minimum atomic E-state index is 0.929. The van der Waals surface area contributed by atoms with Gasteiger partial charge < -0.3 is 0 Å². The smallest absolute Gasteiger partial charge is 0.144 e. The third-order valence-electron chi connectivity index (χ3n) is 3.76. The van der Waals surface area contributed by atoms with Gasteiger partial charge in [0.05, 0.1) is 5.69 Å². The quantitative estimate of drug-likeness (QED) is 0.582. The summed E-state index contributed by atoms with van der Waals surface area (Å²) in [5, 5.41) is 4.14. The zero-order chi connectivity index (χ0) is 15.6. The molecule has 5 nitrogen and oxygen atoms in total. The maximum atomic E-state index is 4.50. The first kappa shape index (κ1) is 13.5. The summed E-state index contributed by atoms with van der Waals surface area (Å²) in [4.78, 5) is 8.47. The molecule has 5 heteroatoms. The number of benzene rings is 2. The highest BCUT2D eigenvalue weighted by Crippen LogP contribution is 2.22. The summed E-state index contributed by atoms with van der Waals surface area (Å²) in [6.45, 7) is 2.08. The summed E-state index contributed by atoms with van der Waals surface area (Å²) in [6.07, 6.45) is 7.00. The zero-order valence-corrected chi connectivity index (χ0v) is 12.7. The molecule has 0 radical (unpaired) electrons. The Kier molecular flexibility index (Phi) is 3.24. The molecule has 0 amide bonds. The van der Waals surface area contributed by atoms with Crippen LogP contribution in [0.3, 0.4) is 0 Å². The third kappa shape index (κ3) is 2.53. The van der Waals surface area contributed by atoms with Gasteiger partial charge in [-0.25, -0.2) is 14.6 Å². The summed E-state index contributed by atoms with van der Waals surface area (Å²) in [5.74, 6) is 0.929. The van der Waals surface area contributed by atoms with Crippen molar-refractivity contribution in [2.45, 2.75) is 6.92 Å². The summed E-state index contributed by atoms with van der Waals surface area (Å²) < 4.78 is 3.81. The highest BCUT2D eigenvalue weighted by atomic mass is 15.3. The normalized spacial score (nSPS) is 10.8. The number of aromatic nitrogens is 5. The predicted molar refractivity (Wildman–Crippen MR) is 88.7 cm³/mol. The summed E-state index contributed by atoms with van der Waals surface area (Å²) in [6, 6.07) is 16.5. The second kappa shape index (κ2) is 5.53. The number of hydrogen-bond donors (Lipinski definition) is 0. The van der Waals surface area contributed by atoms with Gasteiger partial charge in [0.1, 0.15) is 18.5 Å². The number of imidazole rings is 1. The lowest BCUT2D eigenvalue weighted by Gasteiger charge is -2.09. The monoisotopic (exact) mass is 301 g/mol. The molecule has 0 unspecified atom stereocenters. The molecule has 0 fully saturated rings. The van der Waals surface area contributed by atoms with Crippen LogP contribution >= 0.6 is 0 Å². The topological polar surface area (TPSA) is 48.5 Å². The van der Waals surface area contributed by atoms with E-state index in [9.17, 15) is 0 Å². The van der Waals surface area contributed by atoms with E-state index in [1.54, 1.807) is 11.0 Å². The van der Waals surface area contributed by atoms with Crippen LogP contribution in [0, 0.1) is 6.92 Å². The number of aryl methyl sites for hydroxylation is 1. The van der Waals surface area contributed by atoms with Crippen molar-refractivity contribution in [3.05, 3.63) is 79.1 Å². The molecular formula is C18H15N5. The van der Waals surface area contributed by atoms with Crippen molar-refractivity contribution in [1.82, 2.24) is 24.3 Å². The molecule has 2 heterocycles. The van der Waals surface area contributed by atoms with E-state index in [4.69, 9.17) is 0 Å².